The fourth-order valence-electron chi connectivity index (χ4n) is 2.32. The molecule has 0 spiro atoms. The van der Waals surface area contributed by atoms with E-state index in [9.17, 15) is 0 Å². The van der Waals surface area contributed by atoms with Crippen molar-refractivity contribution < 1.29 is 0 Å². The summed E-state index contributed by atoms with van der Waals surface area (Å²) in [6, 6.07) is 3.85. The van der Waals surface area contributed by atoms with Crippen LogP contribution in [0.3, 0.4) is 0 Å². The number of nitrogens with zero attached hydrogens (tertiary/aromatic N) is 5. The average Bonchev–Trinajstić information content (AvgIpc) is 3.04. The van der Waals surface area contributed by atoms with Gasteiger partial charge in [-0.25, -0.2) is 9.97 Å². The molecule has 1 atom stereocenters. The van der Waals surface area contributed by atoms with Gasteiger partial charge in [-0.15, -0.1) is 11.6 Å². The average molecular weight is 310 g/mol. The van der Waals surface area contributed by atoms with Crippen LogP contribution in [0.1, 0.15) is 18.8 Å². The van der Waals surface area contributed by atoms with Crippen molar-refractivity contribution in [3.63, 3.8) is 0 Å². The summed E-state index contributed by atoms with van der Waals surface area (Å²) >= 11 is 12.0. The number of hydrogen-bond donors (Lipinski definition) is 0. The number of imidazole rings is 1. The van der Waals surface area contributed by atoms with Gasteiger partial charge in [-0.3, -0.25) is 4.68 Å². The molecule has 0 saturated heterocycles. The summed E-state index contributed by atoms with van der Waals surface area (Å²) < 4.78 is 3.92. The first kappa shape index (κ1) is 13.4. The lowest BCUT2D eigenvalue weighted by Crippen LogP contribution is -2.15. The van der Waals surface area contributed by atoms with Gasteiger partial charge < -0.3 is 4.57 Å². The Morgan fingerprint density at radius 2 is 2.25 bits per heavy atom. The molecule has 3 heterocycles. The van der Waals surface area contributed by atoms with Gasteiger partial charge in [0.05, 0.1) is 23.5 Å². The Morgan fingerprint density at radius 3 is 2.95 bits per heavy atom. The monoisotopic (exact) mass is 309 g/mol. The van der Waals surface area contributed by atoms with Crippen LogP contribution in [-0.4, -0.2) is 24.3 Å². The van der Waals surface area contributed by atoms with Gasteiger partial charge in [-0.05, 0) is 19.1 Å². The summed E-state index contributed by atoms with van der Waals surface area (Å²) in [5, 5.41) is 4.80. The van der Waals surface area contributed by atoms with Gasteiger partial charge in [0, 0.05) is 18.6 Å². The molecule has 20 heavy (non-hydrogen) atoms. The van der Waals surface area contributed by atoms with Crippen LogP contribution in [0.25, 0.3) is 11.2 Å². The normalized spacial score (nSPS) is 12.9. The third-order valence-corrected chi connectivity index (χ3v) is 3.59. The van der Waals surface area contributed by atoms with Crippen molar-refractivity contribution >= 4 is 34.4 Å². The van der Waals surface area contributed by atoms with E-state index in [0.717, 1.165) is 23.5 Å². The minimum absolute atomic E-state index is 0.141. The smallest absolute Gasteiger partial charge is 0.160 e. The van der Waals surface area contributed by atoms with E-state index >= 15 is 0 Å². The maximum atomic E-state index is 6.00. The Balaban J connectivity index is 2.04. The molecule has 3 rings (SSSR count). The first-order valence-electron chi connectivity index (χ1n) is 6.25. The molecule has 3 aromatic rings. The van der Waals surface area contributed by atoms with Crippen LogP contribution in [-0.2, 0) is 12.4 Å². The molecule has 0 saturated carbocycles. The van der Waals surface area contributed by atoms with Gasteiger partial charge in [0.1, 0.15) is 11.3 Å². The van der Waals surface area contributed by atoms with Gasteiger partial charge in [-0.2, -0.15) is 5.10 Å². The van der Waals surface area contributed by atoms with Crippen molar-refractivity contribution in [2.24, 2.45) is 0 Å². The second kappa shape index (κ2) is 5.42. The standard InChI is InChI=1S/C13H13Cl2N5/c1-9(8-19-4-2-3-17-19)20-12(6-14)18-11-5-10(15)7-16-13(11)20/h2-5,7,9H,6,8H2,1H3. The molecule has 0 fully saturated rings. The second-order valence-electron chi connectivity index (χ2n) is 4.61. The van der Waals surface area contributed by atoms with Crippen molar-refractivity contribution in [1.29, 1.82) is 0 Å². The maximum Gasteiger partial charge on any atom is 0.160 e. The number of halogens is 2. The van der Waals surface area contributed by atoms with Gasteiger partial charge in [0.25, 0.3) is 0 Å². The number of pyridine rings is 1. The summed E-state index contributed by atoms with van der Waals surface area (Å²) in [7, 11) is 0. The molecule has 1 unspecified atom stereocenters. The molecule has 104 valence electrons. The topological polar surface area (TPSA) is 48.5 Å². The van der Waals surface area contributed by atoms with Crippen LogP contribution in [0, 0.1) is 0 Å². The molecular weight excluding hydrogens is 297 g/mol. The lowest BCUT2D eigenvalue weighted by atomic mass is 10.3. The molecule has 0 N–H and O–H groups in total. The summed E-state index contributed by atoms with van der Waals surface area (Å²) in [6.07, 6.45) is 5.32. The third kappa shape index (κ3) is 2.39. The number of hydrogen-bond acceptors (Lipinski definition) is 3. The molecule has 0 bridgehead atoms. The highest BCUT2D eigenvalue weighted by molar-refractivity contribution is 6.31. The van der Waals surface area contributed by atoms with E-state index in [1.54, 1.807) is 18.5 Å². The van der Waals surface area contributed by atoms with Crippen LogP contribution in [0.2, 0.25) is 5.02 Å². The largest absolute Gasteiger partial charge is 0.307 e. The molecule has 0 aliphatic rings. The van der Waals surface area contributed by atoms with Crippen molar-refractivity contribution in [2.75, 3.05) is 0 Å². The molecule has 0 aliphatic heterocycles. The van der Waals surface area contributed by atoms with Crippen LogP contribution in [0.5, 0.6) is 0 Å². The minimum Gasteiger partial charge on any atom is -0.307 e. The highest BCUT2D eigenvalue weighted by atomic mass is 35.5. The predicted octanol–water partition coefficient (Wildman–Crippen LogP) is 3.28. The second-order valence-corrected chi connectivity index (χ2v) is 5.31. The summed E-state index contributed by atoms with van der Waals surface area (Å²) in [5.41, 5.74) is 1.56. The van der Waals surface area contributed by atoms with E-state index in [-0.39, 0.29) is 6.04 Å². The zero-order valence-electron chi connectivity index (χ0n) is 10.9. The fraction of sp³-hybridized carbons (Fsp3) is 0.308. The lowest BCUT2D eigenvalue weighted by Gasteiger charge is -2.16. The van der Waals surface area contributed by atoms with Crippen LogP contribution in [0.4, 0.5) is 0 Å². The van der Waals surface area contributed by atoms with E-state index in [1.807, 2.05) is 21.5 Å². The van der Waals surface area contributed by atoms with Crippen LogP contribution in [0.15, 0.2) is 30.7 Å². The van der Waals surface area contributed by atoms with E-state index in [1.165, 1.54) is 0 Å². The zero-order valence-corrected chi connectivity index (χ0v) is 12.4. The lowest BCUT2D eigenvalue weighted by molar-refractivity contribution is 0.436. The third-order valence-electron chi connectivity index (χ3n) is 3.14. The van der Waals surface area contributed by atoms with Crippen molar-refractivity contribution in [3.8, 4) is 0 Å². The van der Waals surface area contributed by atoms with Crippen molar-refractivity contribution in [1.82, 2.24) is 24.3 Å². The van der Waals surface area contributed by atoms with Crippen LogP contribution >= 0.6 is 23.2 Å². The van der Waals surface area contributed by atoms with E-state index in [2.05, 4.69) is 22.0 Å². The Kier molecular flexibility index (Phi) is 3.63. The molecule has 3 aromatic heterocycles. The zero-order chi connectivity index (χ0) is 14.1. The van der Waals surface area contributed by atoms with E-state index in [4.69, 9.17) is 23.2 Å². The van der Waals surface area contributed by atoms with E-state index in [0.29, 0.717) is 10.9 Å². The number of rotatable bonds is 4. The minimum atomic E-state index is 0.141. The Labute approximate surface area is 126 Å². The molecule has 0 amide bonds. The van der Waals surface area contributed by atoms with Crippen molar-refractivity contribution in [2.45, 2.75) is 25.4 Å². The van der Waals surface area contributed by atoms with Gasteiger partial charge >= 0.3 is 0 Å². The molecular formula is C13H13Cl2N5. The highest BCUT2D eigenvalue weighted by Crippen LogP contribution is 2.23. The molecule has 5 nitrogen and oxygen atoms in total. The quantitative estimate of drug-likeness (QED) is 0.695. The molecule has 0 aliphatic carbocycles. The summed E-state index contributed by atoms with van der Waals surface area (Å²) in [5.74, 6) is 1.12. The maximum absolute atomic E-state index is 6.00. The SMILES string of the molecule is CC(Cn1cccn1)n1c(CCl)nc2cc(Cl)cnc21. The first-order valence-corrected chi connectivity index (χ1v) is 7.16. The Morgan fingerprint density at radius 1 is 1.40 bits per heavy atom. The van der Waals surface area contributed by atoms with Gasteiger partial charge in [0.15, 0.2) is 5.65 Å². The van der Waals surface area contributed by atoms with Crippen molar-refractivity contribution in [3.05, 3.63) is 41.6 Å². The molecule has 0 radical (unpaired) electrons. The summed E-state index contributed by atoms with van der Waals surface area (Å²) in [4.78, 5) is 8.88. The number of fused-ring (bicyclic) bond motifs is 1. The predicted molar refractivity (Wildman–Crippen MR) is 79.0 cm³/mol. The summed E-state index contributed by atoms with van der Waals surface area (Å²) in [6.45, 7) is 2.82. The van der Waals surface area contributed by atoms with Gasteiger partial charge in [0.2, 0.25) is 0 Å². The molecule has 7 heteroatoms. The van der Waals surface area contributed by atoms with E-state index < -0.39 is 0 Å². The first-order chi connectivity index (χ1) is 9.69. The Hall–Kier alpha value is -1.59. The number of alkyl halides is 1. The number of aromatic nitrogens is 5. The molecule has 0 aromatic carbocycles. The fourth-order valence-corrected chi connectivity index (χ4v) is 2.66. The van der Waals surface area contributed by atoms with Crippen LogP contribution < -0.4 is 0 Å². The van der Waals surface area contributed by atoms with Gasteiger partial charge in [-0.1, -0.05) is 11.6 Å². The highest BCUT2D eigenvalue weighted by Gasteiger charge is 2.17. The Bertz CT molecular complexity index is 720.